The van der Waals surface area contributed by atoms with Crippen molar-refractivity contribution < 1.29 is 0 Å². The number of thioether (sulfide) groups is 1. The predicted octanol–water partition coefficient (Wildman–Crippen LogP) is 1.40. The molecule has 2 heterocycles. The average molecular weight is 223 g/mol. The van der Waals surface area contributed by atoms with Gasteiger partial charge in [-0.25, -0.2) is 4.98 Å². The van der Waals surface area contributed by atoms with E-state index in [9.17, 15) is 0 Å². The molecule has 82 valence electrons. The summed E-state index contributed by atoms with van der Waals surface area (Å²) in [6, 6.07) is 2.03. The maximum absolute atomic E-state index is 5.79. The zero-order valence-corrected chi connectivity index (χ0v) is 9.89. The van der Waals surface area contributed by atoms with Crippen molar-refractivity contribution in [3.8, 4) is 0 Å². The van der Waals surface area contributed by atoms with Gasteiger partial charge in [0.2, 0.25) is 0 Å². The van der Waals surface area contributed by atoms with Crippen molar-refractivity contribution >= 4 is 17.6 Å². The summed E-state index contributed by atoms with van der Waals surface area (Å²) in [5.41, 5.74) is 8.24. The molecular weight excluding hydrogens is 206 g/mol. The summed E-state index contributed by atoms with van der Waals surface area (Å²) in [5, 5.41) is 0. The molecule has 4 heteroatoms. The van der Waals surface area contributed by atoms with Crippen LogP contribution in [-0.4, -0.2) is 29.6 Å². The van der Waals surface area contributed by atoms with Gasteiger partial charge in [0.25, 0.3) is 0 Å². The molecule has 2 N–H and O–H groups in total. The number of aromatic nitrogens is 1. The molecule has 15 heavy (non-hydrogen) atoms. The minimum atomic E-state index is 0.582. The van der Waals surface area contributed by atoms with E-state index in [1.807, 2.05) is 24.0 Å². The van der Waals surface area contributed by atoms with Gasteiger partial charge in [-0.2, -0.15) is 11.8 Å². The summed E-state index contributed by atoms with van der Waals surface area (Å²) in [5.74, 6) is 3.48. The Hall–Kier alpha value is -0.740. The molecule has 0 aliphatic carbocycles. The molecule has 0 radical (unpaired) electrons. The zero-order valence-electron chi connectivity index (χ0n) is 9.07. The van der Waals surface area contributed by atoms with Crippen LogP contribution in [0.25, 0.3) is 0 Å². The Labute approximate surface area is 95.1 Å². The number of nitrogens with two attached hydrogens (primary N) is 1. The highest BCUT2D eigenvalue weighted by molar-refractivity contribution is 7.99. The average Bonchev–Trinajstić information content (AvgIpc) is 2.30. The van der Waals surface area contributed by atoms with Crippen LogP contribution < -0.4 is 10.6 Å². The third-order valence-corrected chi connectivity index (χ3v) is 3.72. The molecule has 2 rings (SSSR count). The predicted molar refractivity (Wildman–Crippen MR) is 66.4 cm³/mol. The SMILES string of the molecule is Cc1ccnc(N2CCSCC2)c1CN. The summed E-state index contributed by atoms with van der Waals surface area (Å²) in [4.78, 5) is 6.82. The lowest BCUT2D eigenvalue weighted by Gasteiger charge is -2.29. The first kappa shape index (κ1) is 10.8. The zero-order chi connectivity index (χ0) is 10.7. The molecule has 0 amide bonds. The maximum atomic E-state index is 5.79. The standard InChI is InChI=1S/C11H17N3S/c1-9-2-3-13-11(10(9)8-12)14-4-6-15-7-5-14/h2-3H,4-8,12H2,1H3. The molecule has 0 spiro atoms. The third kappa shape index (κ3) is 2.26. The van der Waals surface area contributed by atoms with E-state index in [1.165, 1.54) is 22.6 Å². The fourth-order valence-corrected chi connectivity index (χ4v) is 2.78. The lowest BCUT2D eigenvalue weighted by Crippen LogP contribution is -2.34. The number of pyridine rings is 1. The van der Waals surface area contributed by atoms with Gasteiger partial charge in [0.05, 0.1) is 0 Å². The number of hydrogen-bond acceptors (Lipinski definition) is 4. The van der Waals surface area contributed by atoms with E-state index in [0.717, 1.165) is 18.9 Å². The van der Waals surface area contributed by atoms with Crippen molar-refractivity contribution in [1.82, 2.24) is 4.98 Å². The minimum absolute atomic E-state index is 0.582. The van der Waals surface area contributed by atoms with E-state index in [-0.39, 0.29) is 0 Å². The molecule has 1 aromatic rings. The van der Waals surface area contributed by atoms with Crippen LogP contribution in [0.4, 0.5) is 5.82 Å². The van der Waals surface area contributed by atoms with E-state index in [0.29, 0.717) is 6.54 Å². The van der Waals surface area contributed by atoms with Crippen LogP contribution in [0.3, 0.4) is 0 Å². The summed E-state index contributed by atoms with van der Waals surface area (Å²) in [6.45, 7) is 4.87. The summed E-state index contributed by atoms with van der Waals surface area (Å²) >= 11 is 2.01. The Balaban J connectivity index is 2.29. The van der Waals surface area contributed by atoms with Gasteiger partial charge >= 0.3 is 0 Å². The molecule has 1 fully saturated rings. The van der Waals surface area contributed by atoms with Gasteiger partial charge in [-0.3, -0.25) is 0 Å². The molecule has 1 aliphatic heterocycles. The highest BCUT2D eigenvalue weighted by atomic mass is 32.2. The van der Waals surface area contributed by atoms with Gasteiger partial charge in [-0.1, -0.05) is 0 Å². The molecule has 3 nitrogen and oxygen atoms in total. The van der Waals surface area contributed by atoms with E-state index < -0.39 is 0 Å². The second-order valence-electron chi connectivity index (χ2n) is 3.73. The van der Waals surface area contributed by atoms with Crippen LogP contribution >= 0.6 is 11.8 Å². The van der Waals surface area contributed by atoms with Crippen molar-refractivity contribution in [2.75, 3.05) is 29.5 Å². The second kappa shape index (κ2) is 4.86. The van der Waals surface area contributed by atoms with Gasteiger partial charge < -0.3 is 10.6 Å². The Bertz CT molecular complexity index is 335. The topological polar surface area (TPSA) is 42.2 Å². The Kier molecular flexibility index (Phi) is 3.49. The van der Waals surface area contributed by atoms with E-state index in [2.05, 4.69) is 16.8 Å². The molecule has 0 unspecified atom stereocenters. The van der Waals surface area contributed by atoms with Gasteiger partial charge in [0.15, 0.2) is 0 Å². The van der Waals surface area contributed by atoms with E-state index in [4.69, 9.17) is 5.73 Å². The van der Waals surface area contributed by atoms with Crippen molar-refractivity contribution in [2.45, 2.75) is 13.5 Å². The number of anilines is 1. The minimum Gasteiger partial charge on any atom is -0.355 e. The Morgan fingerprint density at radius 1 is 1.47 bits per heavy atom. The normalized spacial score (nSPS) is 16.8. The van der Waals surface area contributed by atoms with Crippen molar-refractivity contribution in [1.29, 1.82) is 0 Å². The first-order valence-electron chi connectivity index (χ1n) is 5.30. The van der Waals surface area contributed by atoms with Crippen LogP contribution in [0.5, 0.6) is 0 Å². The van der Waals surface area contributed by atoms with Gasteiger partial charge in [-0.05, 0) is 18.6 Å². The summed E-state index contributed by atoms with van der Waals surface area (Å²) in [6.07, 6.45) is 1.88. The molecule has 0 bridgehead atoms. The molecule has 1 aromatic heterocycles. The van der Waals surface area contributed by atoms with Crippen LogP contribution in [0.2, 0.25) is 0 Å². The fraction of sp³-hybridized carbons (Fsp3) is 0.545. The lowest BCUT2D eigenvalue weighted by molar-refractivity contribution is 0.822. The summed E-state index contributed by atoms with van der Waals surface area (Å²) < 4.78 is 0. The molecule has 0 aromatic carbocycles. The van der Waals surface area contributed by atoms with Gasteiger partial charge in [0, 0.05) is 42.9 Å². The Morgan fingerprint density at radius 2 is 2.20 bits per heavy atom. The first-order valence-corrected chi connectivity index (χ1v) is 6.45. The quantitative estimate of drug-likeness (QED) is 0.823. The van der Waals surface area contributed by atoms with Crippen molar-refractivity contribution in [3.05, 3.63) is 23.4 Å². The molecule has 0 atom stereocenters. The molecule has 0 saturated carbocycles. The van der Waals surface area contributed by atoms with Gasteiger partial charge in [-0.15, -0.1) is 0 Å². The van der Waals surface area contributed by atoms with Crippen molar-refractivity contribution in [2.24, 2.45) is 5.73 Å². The smallest absolute Gasteiger partial charge is 0.133 e. The number of nitrogens with zero attached hydrogens (tertiary/aromatic N) is 2. The highest BCUT2D eigenvalue weighted by Crippen LogP contribution is 2.23. The highest BCUT2D eigenvalue weighted by Gasteiger charge is 2.16. The number of rotatable bonds is 2. The van der Waals surface area contributed by atoms with E-state index in [1.54, 1.807) is 0 Å². The molecule has 1 saturated heterocycles. The van der Waals surface area contributed by atoms with Crippen LogP contribution in [0, 0.1) is 6.92 Å². The fourth-order valence-electron chi connectivity index (χ4n) is 1.87. The van der Waals surface area contributed by atoms with Crippen LogP contribution in [0.15, 0.2) is 12.3 Å². The molecule has 1 aliphatic rings. The van der Waals surface area contributed by atoms with Crippen LogP contribution in [-0.2, 0) is 6.54 Å². The van der Waals surface area contributed by atoms with E-state index >= 15 is 0 Å². The largest absolute Gasteiger partial charge is 0.355 e. The van der Waals surface area contributed by atoms with Crippen LogP contribution in [0.1, 0.15) is 11.1 Å². The molecular formula is C11H17N3S. The van der Waals surface area contributed by atoms with Gasteiger partial charge in [0.1, 0.15) is 5.82 Å². The Morgan fingerprint density at radius 3 is 2.87 bits per heavy atom. The second-order valence-corrected chi connectivity index (χ2v) is 4.96. The monoisotopic (exact) mass is 223 g/mol. The van der Waals surface area contributed by atoms with Crippen molar-refractivity contribution in [3.63, 3.8) is 0 Å². The third-order valence-electron chi connectivity index (χ3n) is 2.78. The number of hydrogen-bond donors (Lipinski definition) is 1. The lowest BCUT2D eigenvalue weighted by atomic mass is 10.1. The first-order chi connectivity index (χ1) is 7.33. The maximum Gasteiger partial charge on any atom is 0.133 e. The number of aryl methyl sites for hydroxylation is 1. The summed E-state index contributed by atoms with van der Waals surface area (Å²) in [7, 11) is 0.